The van der Waals surface area contributed by atoms with Crippen LogP contribution in [0.3, 0.4) is 0 Å². The highest BCUT2D eigenvalue weighted by Gasteiger charge is 2.36. The Bertz CT molecular complexity index is 1190. The van der Waals surface area contributed by atoms with E-state index in [1.54, 1.807) is 49.9 Å². The van der Waals surface area contributed by atoms with Gasteiger partial charge in [-0.15, -0.1) is 6.42 Å². The van der Waals surface area contributed by atoms with Crippen LogP contribution in [0.4, 0.5) is 10.5 Å². The fraction of sp³-hybridized carbons (Fsp3) is 0.485. The molecule has 8 heteroatoms. The first-order valence-electron chi connectivity index (χ1n) is 14.3. The van der Waals surface area contributed by atoms with Gasteiger partial charge in [0.15, 0.2) is 0 Å². The van der Waals surface area contributed by atoms with Crippen LogP contribution in [0.1, 0.15) is 88.1 Å². The monoisotopic (exact) mass is 579 g/mol. The van der Waals surface area contributed by atoms with Crippen molar-refractivity contribution in [1.29, 1.82) is 0 Å². The minimum atomic E-state index is -0.996. The van der Waals surface area contributed by atoms with Crippen molar-refractivity contribution in [3.05, 3.63) is 64.7 Å². The number of alkyl carbamates (subject to hydrolysis) is 1. The van der Waals surface area contributed by atoms with E-state index in [4.69, 9.17) is 11.2 Å². The average molecular weight is 580 g/mol. The number of amides is 3. The molecule has 2 aromatic rings. The van der Waals surface area contributed by atoms with E-state index < -0.39 is 29.7 Å². The van der Waals surface area contributed by atoms with Crippen molar-refractivity contribution in [2.45, 2.75) is 91.3 Å². The second kappa shape index (κ2) is 16.1. The minimum Gasteiger partial charge on any atom is -0.444 e. The Morgan fingerprint density at radius 1 is 1.00 bits per heavy atom. The predicted molar refractivity (Wildman–Crippen MR) is 169 cm³/mol. The summed E-state index contributed by atoms with van der Waals surface area (Å²) in [6.07, 6.45) is 9.68. The summed E-state index contributed by atoms with van der Waals surface area (Å²) in [6.45, 7) is 11.6. The van der Waals surface area contributed by atoms with Crippen LogP contribution in [-0.2, 0) is 14.3 Å². The standard InChI is InChI=1S/C33H45N3O4S/c1-8-10-11-12-13-21-36(31(38)27(22-41)34-32(39)40-33(5,6)7)29(26-19-17-25(9-2)18-20-26)30(37)35-28-23(3)15-14-16-24(28)4/h2,14-20,27,29,41H,8,10-13,21-22H2,1,3-7H3,(H,34,39)(H,35,37). The summed E-state index contributed by atoms with van der Waals surface area (Å²) in [7, 11) is 0. The van der Waals surface area contributed by atoms with Gasteiger partial charge in [-0.3, -0.25) is 9.59 Å². The molecule has 0 saturated carbocycles. The van der Waals surface area contributed by atoms with Crippen LogP contribution in [0.5, 0.6) is 0 Å². The van der Waals surface area contributed by atoms with Gasteiger partial charge in [-0.2, -0.15) is 12.6 Å². The van der Waals surface area contributed by atoms with Gasteiger partial charge in [0.25, 0.3) is 5.91 Å². The summed E-state index contributed by atoms with van der Waals surface area (Å²) >= 11 is 4.37. The third-order valence-corrected chi connectivity index (χ3v) is 7.00. The molecule has 2 rings (SSSR count). The number of unbranched alkanes of at least 4 members (excludes halogenated alkanes) is 4. The SMILES string of the molecule is C#Cc1ccc(C(C(=O)Nc2c(C)cccc2C)N(CCCCCCC)C(=O)C(CS)NC(=O)OC(C)(C)C)cc1. The number of aryl methyl sites for hydroxylation is 2. The molecule has 2 N–H and O–H groups in total. The van der Waals surface area contributed by atoms with Crippen molar-refractivity contribution in [2.75, 3.05) is 17.6 Å². The fourth-order valence-corrected chi connectivity index (χ4v) is 4.77. The van der Waals surface area contributed by atoms with Crippen molar-refractivity contribution >= 4 is 36.2 Å². The molecular formula is C33H45N3O4S. The number of hydrogen-bond donors (Lipinski definition) is 3. The number of benzene rings is 2. The van der Waals surface area contributed by atoms with Crippen molar-refractivity contribution in [1.82, 2.24) is 10.2 Å². The molecule has 0 heterocycles. The van der Waals surface area contributed by atoms with E-state index in [0.717, 1.165) is 36.8 Å². The van der Waals surface area contributed by atoms with Crippen LogP contribution in [0, 0.1) is 26.2 Å². The zero-order valence-electron chi connectivity index (χ0n) is 25.3. The molecule has 2 unspecified atom stereocenters. The van der Waals surface area contributed by atoms with Crippen LogP contribution < -0.4 is 10.6 Å². The fourth-order valence-electron chi connectivity index (χ4n) is 4.53. The summed E-state index contributed by atoms with van der Waals surface area (Å²) in [6, 6.07) is 10.9. The van der Waals surface area contributed by atoms with Gasteiger partial charge < -0.3 is 20.3 Å². The number of para-hydroxylation sites is 1. The molecule has 0 radical (unpaired) electrons. The Morgan fingerprint density at radius 2 is 1.61 bits per heavy atom. The molecule has 2 atom stereocenters. The van der Waals surface area contributed by atoms with Gasteiger partial charge in [0.05, 0.1) is 0 Å². The van der Waals surface area contributed by atoms with Gasteiger partial charge in [-0.05, 0) is 69.9 Å². The van der Waals surface area contributed by atoms with E-state index in [0.29, 0.717) is 29.8 Å². The largest absolute Gasteiger partial charge is 0.444 e. The number of rotatable bonds is 13. The Balaban J connectivity index is 2.53. The molecule has 2 aromatic carbocycles. The third-order valence-electron chi connectivity index (χ3n) is 6.64. The molecule has 0 aromatic heterocycles. The van der Waals surface area contributed by atoms with Gasteiger partial charge in [0, 0.05) is 23.5 Å². The molecule has 0 aliphatic carbocycles. The molecule has 0 bridgehead atoms. The normalized spacial score (nSPS) is 12.5. The molecule has 222 valence electrons. The first-order chi connectivity index (χ1) is 19.4. The molecule has 0 saturated heterocycles. The molecule has 0 spiro atoms. The summed E-state index contributed by atoms with van der Waals surface area (Å²) < 4.78 is 5.40. The summed E-state index contributed by atoms with van der Waals surface area (Å²) in [5.74, 6) is 1.86. The van der Waals surface area contributed by atoms with Crippen molar-refractivity contribution < 1.29 is 19.1 Å². The van der Waals surface area contributed by atoms with E-state index in [1.807, 2.05) is 32.0 Å². The quantitative estimate of drug-likeness (QED) is 0.142. The Hall–Kier alpha value is -3.44. The summed E-state index contributed by atoms with van der Waals surface area (Å²) in [4.78, 5) is 42.4. The number of ether oxygens (including phenoxy) is 1. The highest BCUT2D eigenvalue weighted by molar-refractivity contribution is 7.80. The lowest BCUT2D eigenvalue weighted by Gasteiger charge is -2.34. The molecule has 0 fully saturated rings. The lowest BCUT2D eigenvalue weighted by Crippen LogP contribution is -2.53. The average Bonchev–Trinajstić information content (AvgIpc) is 2.92. The molecule has 3 amide bonds. The maximum atomic E-state index is 14.1. The Labute approximate surface area is 251 Å². The zero-order chi connectivity index (χ0) is 30.6. The molecule has 41 heavy (non-hydrogen) atoms. The highest BCUT2D eigenvalue weighted by atomic mass is 32.1. The van der Waals surface area contributed by atoms with Crippen molar-refractivity contribution in [3.8, 4) is 12.3 Å². The molecule has 7 nitrogen and oxygen atoms in total. The lowest BCUT2D eigenvalue weighted by atomic mass is 10.00. The van der Waals surface area contributed by atoms with Gasteiger partial charge in [0.1, 0.15) is 17.7 Å². The first kappa shape index (κ1) is 33.8. The van der Waals surface area contributed by atoms with E-state index in [1.165, 1.54) is 0 Å². The number of nitrogens with zero attached hydrogens (tertiary/aromatic N) is 1. The number of thiol groups is 1. The number of terminal acetylenes is 1. The van der Waals surface area contributed by atoms with E-state index in [-0.39, 0.29) is 11.7 Å². The predicted octanol–water partition coefficient (Wildman–Crippen LogP) is 6.59. The van der Waals surface area contributed by atoms with Crippen LogP contribution >= 0.6 is 12.6 Å². The highest BCUT2D eigenvalue weighted by Crippen LogP contribution is 2.28. The zero-order valence-corrected chi connectivity index (χ0v) is 26.1. The van der Waals surface area contributed by atoms with Crippen molar-refractivity contribution in [3.63, 3.8) is 0 Å². The van der Waals surface area contributed by atoms with Gasteiger partial charge in [0.2, 0.25) is 5.91 Å². The smallest absolute Gasteiger partial charge is 0.408 e. The summed E-state index contributed by atoms with van der Waals surface area (Å²) in [5.41, 5.74) is 3.08. The molecule has 0 aliphatic rings. The first-order valence-corrected chi connectivity index (χ1v) is 14.9. The number of nitrogens with one attached hydrogen (secondary N) is 2. The number of anilines is 1. The van der Waals surface area contributed by atoms with Crippen molar-refractivity contribution in [2.24, 2.45) is 0 Å². The van der Waals surface area contributed by atoms with Crippen LogP contribution in [-0.4, -0.2) is 46.7 Å². The number of carbonyl (C=O) groups is 3. The Kier molecular flexibility index (Phi) is 13.3. The lowest BCUT2D eigenvalue weighted by molar-refractivity contribution is -0.140. The second-order valence-electron chi connectivity index (χ2n) is 11.3. The summed E-state index contributed by atoms with van der Waals surface area (Å²) in [5, 5.41) is 5.73. The minimum absolute atomic E-state index is 0.0334. The van der Waals surface area contributed by atoms with E-state index >= 15 is 0 Å². The number of hydrogen-bond acceptors (Lipinski definition) is 5. The van der Waals surface area contributed by atoms with Gasteiger partial charge in [-0.1, -0.05) is 68.9 Å². The maximum Gasteiger partial charge on any atom is 0.408 e. The van der Waals surface area contributed by atoms with Gasteiger partial charge in [-0.25, -0.2) is 4.79 Å². The van der Waals surface area contributed by atoms with Gasteiger partial charge >= 0.3 is 6.09 Å². The third kappa shape index (κ3) is 10.5. The van der Waals surface area contributed by atoms with Crippen LogP contribution in [0.2, 0.25) is 0 Å². The van der Waals surface area contributed by atoms with Crippen LogP contribution in [0.25, 0.3) is 0 Å². The maximum absolute atomic E-state index is 14.1. The van der Waals surface area contributed by atoms with Crippen LogP contribution in [0.15, 0.2) is 42.5 Å². The van der Waals surface area contributed by atoms with E-state index in [2.05, 4.69) is 36.1 Å². The second-order valence-corrected chi connectivity index (χ2v) is 11.6. The number of carbonyl (C=O) groups excluding carboxylic acids is 3. The Morgan fingerprint density at radius 3 is 2.15 bits per heavy atom. The van der Waals surface area contributed by atoms with E-state index in [9.17, 15) is 14.4 Å². The molecule has 0 aliphatic heterocycles. The topological polar surface area (TPSA) is 87.7 Å². The molecular weight excluding hydrogens is 534 g/mol.